The molecule has 2 N–H and O–H groups in total. The summed E-state index contributed by atoms with van der Waals surface area (Å²) in [6, 6.07) is 137. The molecule has 0 spiro atoms. The maximum absolute atomic E-state index is 9.14. The Kier molecular flexibility index (Phi) is 39.1. The van der Waals surface area contributed by atoms with Crippen LogP contribution in [0.3, 0.4) is 0 Å². The van der Waals surface area contributed by atoms with E-state index < -0.39 is 0 Å². The largest absolute Gasteiger partial charge is 0.508 e. The van der Waals surface area contributed by atoms with Crippen LogP contribution >= 0.6 is 101 Å². The highest BCUT2D eigenvalue weighted by Gasteiger charge is 2.13. The summed E-state index contributed by atoms with van der Waals surface area (Å²) >= 11 is 43.9. The first-order valence-corrected chi connectivity index (χ1v) is 48.1. The predicted octanol–water partition coefficient (Wildman–Crippen LogP) is 33.7. The number of ether oxygens (including phenoxy) is 2. The number of phenolic OH excluding ortho intramolecular Hbond substituents is 2. The van der Waals surface area contributed by atoms with Crippen LogP contribution in [0.15, 0.2) is 400 Å². The molecule has 0 aromatic heterocycles. The van der Waals surface area contributed by atoms with E-state index >= 15 is 0 Å². The van der Waals surface area contributed by atoms with Gasteiger partial charge in [-0.05, 0) is 289 Å². The normalized spacial score (nSPS) is 11.2. The van der Waals surface area contributed by atoms with Crippen molar-refractivity contribution in [1.82, 2.24) is 0 Å². The van der Waals surface area contributed by atoms with E-state index in [1.54, 1.807) is 24.3 Å². The second kappa shape index (κ2) is 52.0. The Bertz CT molecular complexity index is 5580. The molecule has 0 amide bonds. The highest BCUT2D eigenvalue weighted by Crippen LogP contribution is 2.33. The highest BCUT2D eigenvalue weighted by atomic mass is 79.9. The third-order valence-corrected chi connectivity index (χ3v) is 25.1. The molecule has 2 unspecified atom stereocenters. The molecule has 0 aliphatic carbocycles. The summed E-state index contributed by atoms with van der Waals surface area (Å²) in [7, 11) is 0. The second-order valence-corrected chi connectivity index (χ2v) is 34.6. The zero-order valence-corrected chi connectivity index (χ0v) is 78.7. The number of halogens is 8. The number of hydrogen-bond donors (Lipinski definition) is 2. The Morgan fingerprint density at radius 1 is 0.213 bits per heavy atom. The van der Waals surface area contributed by atoms with E-state index in [1.807, 2.05) is 109 Å². The molecule has 16 aromatic rings. The van der Waals surface area contributed by atoms with Crippen LogP contribution in [-0.4, -0.2) is 10.2 Å². The maximum Gasteiger partial charge on any atom is 0.127 e. The lowest BCUT2D eigenvalue weighted by molar-refractivity contribution is 0.474. The van der Waals surface area contributed by atoms with E-state index in [9.17, 15) is 0 Å². The molecule has 0 bridgehead atoms. The number of benzene rings is 16. The third kappa shape index (κ3) is 32.6. The number of aryl methyl sites for hydroxylation is 6. The van der Waals surface area contributed by atoms with Gasteiger partial charge in [0.1, 0.15) is 34.5 Å². The summed E-state index contributed by atoms with van der Waals surface area (Å²) in [5.41, 5.74) is 29.8. The van der Waals surface area contributed by atoms with Crippen molar-refractivity contribution >= 4 is 101 Å². The molecule has 0 aliphatic heterocycles. The summed E-state index contributed by atoms with van der Waals surface area (Å²) in [6.45, 7) is 0. The van der Waals surface area contributed by atoms with Crippen molar-refractivity contribution in [2.75, 3.05) is 0 Å². The third-order valence-electron chi connectivity index (χ3n) is 21.6. The zero-order chi connectivity index (χ0) is 88.6. The van der Waals surface area contributed by atoms with Gasteiger partial charge in [0.2, 0.25) is 0 Å². The fourth-order valence-electron chi connectivity index (χ4n) is 14.6. The van der Waals surface area contributed by atoms with Crippen molar-refractivity contribution in [2.24, 2.45) is 0 Å². The maximum atomic E-state index is 9.14. The van der Waals surface area contributed by atoms with Crippen molar-refractivity contribution < 1.29 is 19.7 Å². The quantitative estimate of drug-likeness (QED) is 0.0413. The lowest BCUT2D eigenvalue weighted by Gasteiger charge is -2.12. The van der Waals surface area contributed by atoms with E-state index in [2.05, 4.69) is 299 Å². The monoisotopic (exact) mass is 1920 g/mol. The number of hydrogen-bond acceptors (Lipinski definition) is 4. The van der Waals surface area contributed by atoms with E-state index in [-0.39, 0.29) is 10.8 Å². The first kappa shape index (κ1) is 95.5. The molecular formula is C115H104Br2Cl6O4. The van der Waals surface area contributed by atoms with E-state index in [1.165, 1.54) is 111 Å². The van der Waals surface area contributed by atoms with Gasteiger partial charge < -0.3 is 19.7 Å². The summed E-state index contributed by atoms with van der Waals surface area (Å²) in [4.78, 5) is 0. The number of rotatable bonds is 32. The molecule has 0 heterocycles. The van der Waals surface area contributed by atoms with Crippen LogP contribution in [0.2, 0.25) is 0 Å². The van der Waals surface area contributed by atoms with E-state index in [4.69, 9.17) is 89.3 Å². The molecule has 16 rings (SSSR count). The molecule has 0 saturated heterocycles. The molecule has 0 radical (unpaired) electrons. The van der Waals surface area contributed by atoms with Crippen LogP contribution in [0.25, 0.3) is 22.3 Å². The average Bonchev–Trinajstić information content (AvgIpc) is 0.839. The molecule has 2 atom stereocenters. The lowest BCUT2D eigenvalue weighted by Crippen LogP contribution is -1.97. The van der Waals surface area contributed by atoms with Gasteiger partial charge in [-0.2, -0.15) is 0 Å². The molecule has 644 valence electrons. The van der Waals surface area contributed by atoms with Gasteiger partial charge in [-0.25, -0.2) is 0 Å². The molecule has 12 heteroatoms. The van der Waals surface area contributed by atoms with Crippen molar-refractivity contribution in [3.63, 3.8) is 0 Å². The van der Waals surface area contributed by atoms with Gasteiger partial charge in [0.05, 0.1) is 10.8 Å². The van der Waals surface area contributed by atoms with Gasteiger partial charge in [-0.3, -0.25) is 0 Å². The molecule has 4 nitrogen and oxygen atoms in total. The Morgan fingerprint density at radius 2 is 0.465 bits per heavy atom. The van der Waals surface area contributed by atoms with Gasteiger partial charge in [0.25, 0.3) is 0 Å². The zero-order valence-electron chi connectivity index (χ0n) is 71.0. The van der Waals surface area contributed by atoms with Crippen molar-refractivity contribution in [1.29, 1.82) is 0 Å². The minimum absolute atomic E-state index is 0.0492. The fraction of sp³-hybridized carbons (Fsp3) is 0.165. The average molecular weight is 1920 g/mol. The first-order chi connectivity index (χ1) is 62.2. The van der Waals surface area contributed by atoms with E-state index in [0.29, 0.717) is 35.0 Å². The summed E-state index contributed by atoms with van der Waals surface area (Å²) in [6.07, 6.45) is 10.5. The van der Waals surface area contributed by atoms with Crippen LogP contribution in [0.5, 0.6) is 34.5 Å². The second-order valence-electron chi connectivity index (χ2n) is 31.4. The van der Waals surface area contributed by atoms with Crippen LogP contribution in [0, 0.1) is 0 Å². The molecule has 0 fully saturated rings. The number of alkyl halides is 8. The van der Waals surface area contributed by atoms with Gasteiger partial charge in [-0.15, -0.1) is 69.6 Å². The summed E-state index contributed by atoms with van der Waals surface area (Å²) in [5, 5.41) is 20.3. The number of phenols is 2. The standard InChI is InChI=1S/C31H30Cl2.C27H22Cl2O2.C27H22Cl2.C16H16Br2.C14H14O2/c32-30(28-13-3-1-4-14-28)19-17-24-9-7-11-26(21-24)23-27-12-8-10-25(22-27)18-20-31(33)29-15-5-2-6-16-29;28-18-20-7-11-24(12-8-20)30-26-5-1-3-22(16-26)15-23-4-2-6-27(17-23)31-25-13-9-21(19-29)10-14-25;28-18-22-7-3-11-26(16-22)24-9-1-5-20(14-24)13-21-6-2-10-25(15-21)27-12-4-8-23(17-27)19-29;17-11-15-7-3-13(4-8-15)1-2-14-5-9-16(12-18)10-6-14;15-13-7-3-11(4-8-13)1-2-12-5-9-14(16)10-6-12/h1-16,21-22,30-31H,17-20,23H2;1-14,16-17H,15,18-19H2;1-12,14-17H,13,18-19H2;3-10H,1-2,11-12H2;3-10,15-16H,1-2H2. The van der Waals surface area contributed by atoms with E-state index in [0.717, 1.165) is 127 Å². The Labute approximate surface area is 798 Å². The van der Waals surface area contributed by atoms with Crippen LogP contribution < -0.4 is 9.47 Å². The molecule has 0 aliphatic rings. The van der Waals surface area contributed by atoms with Crippen LogP contribution in [-0.2, 0) is 92.0 Å². The Morgan fingerprint density at radius 3 is 0.780 bits per heavy atom. The Hall–Kier alpha value is -10.6. The van der Waals surface area contributed by atoms with Gasteiger partial charge in [0, 0.05) is 34.2 Å². The summed E-state index contributed by atoms with van der Waals surface area (Å²) < 4.78 is 12.0. The van der Waals surface area contributed by atoms with Crippen molar-refractivity contribution in [3.8, 4) is 56.8 Å². The van der Waals surface area contributed by atoms with Crippen molar-refractivity contribution in [3.05, 3.63) is 512 Å². The first-order valence-electron chi connectivity index (χ1n) is 42.9. The highest BCUT2D eigenvalue weighted by molar-refractivity contribution is 9.08. The SMILES string of the molecule is BrCc1ccc(CCc2ccc(CBr)cc2)cc1.ClC(CCc1cccc(Cc2cccc(CCC(Cl)c3ccccc3)c2)c1)c1ccccc1.ClCc1ccc(Oc2cccc(Cc3cccc(Oc4ccc(CCl)cc4)c3)c2)cc1.ClCc1cccc(-c2cccc(Cc3cccc(-c4cccc(CCl)c4)c3)c2)c1.Oc1ccc(CCc2ccc(O)cc2)cc1. The van der Waals surface area contributed by atoms with Crippen LogP contribution in [0.1, 0.15) is 135 Å². The lowest BCUT2D eigenvalue weighted by atomic mass is 9.96. The molecular weight excluding hydrogens is 1820 g/mol. The molecule has 16 aromatic carbocycles. The molecule has 0 saturated carbocycles. The van der Waals surface area contributed by atoms with Crippen molar-refractivity contribution in [2.45, 2.75) is 116 Å². The predicted molar refractivity (Wildman–Crippen MR) is 545 cm³/mol. The van der Waals surface area contributed by atoms with Gasteiger partial charge in [0.15, 0.2) is 0 Å². The fourth-order valence-corrected chi connectivity index (χ4v) is 16.6. The van der Waals surface area contributed by atoms with Gasteiger partial charge in [-0.1, -0.05) is 347 Å². The summed E-state index contributed by atoms with van der Waals surface area (Å²) in [5.74, 6) is 5.86. The van der Waals surface area contributed by atoms with Gasteiger partial charge >= 0.3 is 0 Å². The molecule has 127 heavy (non-hydrogen) atoms. The topological polar surface area (TPSA) is 58.9 Å². The minimum atomic E-state index is 0.0492. The van der Waals surface area contributed by atoms with Crippen LogP contribution in [0.4, 0.5) is 0 Å². The smallest absolute Gasteiger partial charge is 0.127 e. The number of aromatic hydroxyl groups is 2. The minimum Gasteiger partial charge on any atom is -0.508 e. The Balaban J connectivity index is 0.000000148.